The van der Waals surface area contributed by atoms with Crippen LogP contribution in [0.15, 0.2) is 42.5 Å². The number of fused-ring (bicyclic) bond motifs is 1. The molecule has 3 aromatic rings. The molecule has 2 aromatic heterocycles. The van der Waals surface area contributed by atoms with Gasteiger partial charge in [0, 0.05) is 16.5 Å². The third-order valence-corrected chi connectivity index (χ3v) is 3.32. The predicted octanol–water partition coefficient (Wildman–Crippen LogP) is 5.06. The standard InChI is InChI=1S/C16H12ClFN2/c1-2-4-10-7-8-15(17)20-16(10)14-9-11-12(18)5-3-6-13(11)19-14/h2-9,19H,1H3/b4-2+. The highest BCUT2D eigenvalue weighted by Crippen LogP contribution is 2.28. The van der Waals surface area contributed by atoms with Gasteiger partial charge < -0.3 is 4.98 Å². The second-order valence-electron chi connectivity index (χ2n) is 4.46. The molecule has 0 atom stereocenters. The Kier molecular flexibility index (Phi) is 3.28. The first-order chi connectivity index (χ1) is 9.69. The summed E-state index contributed by atoms with van der Waals surface area (Å²) in [6.07, 6.45) is 3.87. The van der Waals surface area contributed by atoms with Crippen LogP contribution in [0.1, 0.15) is 12.5 Å². The minimum atomic E-state index is -0.250. The van der Waals surface area contributed by atoms with E-state index in [0.29, 0.717) is 16.2 Å². The summed E-state index contributed by atoms with van der Waals surface area (Å²) >= 11 is 5.97. The van der Waals surface area contributed by atoms with E-state index >= 15 is 0 Å². The van der Waals surface area contributed by atoms with Crippen LogP contribution in [0.3, 0.4) is 0 Å². The predicted molar refractivity (Wildman–Crippen MR) is 81.2 cm³/mol. The molecule has 0 spiro atoms. The number of pyridine rings is 1. The van der Waals surface area contributed by atoms with E-state index in [1.54, 1.807) is 18.2 Å². The van der Waals surface area contributed by atoms with E-state index in [1.807, 2.05) is 31.2 Å². The SMILES string of the molecule is C/C=C/c1ccc(Cl)nc1-c1cc2c(F)cccc2[nH]1. The fourth-order valence-corrected chi connectivity index (χ4v) is 2.37. The number of aromatic amines is 1. The van der Waals surface area contributed by atoms with E-state index in [1.165, 1.54) is 6.07 Å². The van der Waals surface area contributed by atoms with Gasteiger partial charge in [-0.15, -0.1) is 0 Å². The van der Waals surface area contributed by atoms with Crippen molar-refractivity contribution in [1.82, 2.24) is 9.97 Å². The zero-order valence-electron chi connectivity index (χ0n) is 10.8. The van der Waals surface area contributed by atoms with E-state index in [-0.39, 0.29) is 5.82 Å². The van der Waals surface area contributed by atoms with Crippen LogP contribution in [0, 0.1) is 5.82 Å². The summed E-state index contributed by atoms with van der Waals surface area (Å²) in [5.41, 5.74) is 3.14. The zero-order valence-corrected chi connectivity index (χ0v) is 11.6. The number of hydrogen-bond acceptors (Lipinski definition) is 1. The van der Waals surface area contributed by atoms with E-state index in [9.17, 15) is 4.39 Å². The van der Waals surface area contributed by atoms with Gasteiger partial charge in [-0.25, -0.2) is 9.37 Å². The summed E-state index contributed by atoms with van der Waals surface area (Å²) < 4.78 is 13.8. The van der Waals surface area contributed by atoms with Crippen molar-refractivity contribution in [3.8, 4) is 11.4 Å². The fraction of sp³-hybridized carbons (Fsp3) is 0.0625. The molecule has 0 saturated carbocycles. The Hall–Kier alpha value is -2.13. The van der Waals surface area contributed by atoms with Crippen LogP contribution in [-0.2, 0) is 0 Å². The second kappa shape index (κ2) is 5.10. The first-order valence-electron chi connectivity index (χ1n) is 6.26. The molecular formula is C16H12ClFN2. The molecule has 0 fully saturated rings. The van der Waals surface area contributed by atoms with E-state index in [4.69, 9.17) is 11.6 Å². The molecule has 100 valence electrons. The number of H-pyrrole nitrogens is 1. The average molecular weight is 287 g/mol. The van der Waals surface area contributed by atoms with Gasteiger partial charge in [0.1, 0.15) is 11.0 Å². The van der Waals surface area contributed by atoms with Gasteiger partial charge in [0.05, 0.1) is 11.4 Å². The summed E-state index contributed by atoms with van der Waals surface area (Å²) in [6.45, 7) is 1.93. The third kappa shape index (κ3) is 2.21. The minimum Gasteiger partial charge on any atom is -0.353 e. The van der Waals surface area contributed by atoms with Crippen molar-refractivity contribution >= 4 is 28.6 Å². The average Bonchev–Trinajstić information content (AvgIpc) is 2.86. The smallest absolute Gasteiger partial charge is 0.132 e. The maximum absolute atomic E-state index is 13.8. The molecule has 1 N–H and O–H groups in total. The molecule has 0 amide bonds. The van der Waals surface area contributed by atoms with Crippen molar-refractivity contribution in [2.75, 3.05) is 0 Å². The molecule has 3 rings (SSSR count). The Labute approximate surface area is 120 Å². The molecule has 0 bridgehead atoms. The lowest BCUT2D eigenvalue weighted by Crippen LogP contribution is -1.88. The van der Waals surface area contributed by atoms with Crippen molar-refractivity contribution in [2.45, 2.75) is 6.92 Å². The Morgan fingerprint density at radius 1 is 1.25 bits per heavy atom. The first kappa shape index (κ1) is 12.9. The largest absolute Gasteiger partial charge is 0.353 e. The van der Waals surface area contributed by atoms with Crippen LogP contribution < -0.4 is 0 Å². The zero-order chi connectivity index (χ0) is 14.1. The summed E-state index contributed by atoms with van der Waals surface area (Å²) in [5, 5.41) is 0.961. The Bertz CT molecular complexity index is 805. The van der Waals surface area contributed by atoms with Crippen LogP contribution >= 0.6 is 11.6 Å². The maximum Gasteiger partial charge on any atom is 0.132 e. The molecule has 0 aliphatic carbocycles. The van der Waals surface area contributed by atoms with Gasteiger partial charge in [0.25, 0.3) is 0 Å². The van der Waals surface area contributed by atoms with Gasteiger partial charge in [0.2, 0.25) is 0 Å². The Morgan fingerprint density at radius 2 is 2.10 bits per heavy atom. The molecule has 2 heterocycles. The summed E-state index contributed by atoms with van der Waals surface area (Å²) in [7, 11) is 0. The number of nitrogens with one attached hydrogen (secondary N) is 1. The highest BCUT2D eigenvalue weighted by molar-refractivity contribution is 6.29. The molecule has 0 saturated heterocycles. The number of nitrogens with zero attached hydrogens (tertiary/aromatic N) is 1. The Balaban J connectivity index is 2.24. The number of hydrogen-bond donors (Lipinski definition) is 1. The fourth-order valence-electron chi connectivity index (χ4n) is 2.22. The third-order valence-electron chi connectivity index (χ3n) is 3.10. The molecule has 0 aliphatic heterocycles. The van der Waals surface area contributed by atoms with Crippen LogP contribution in [0.2, 0.25) is 5.15 Å². The highest BCUT2D eigenvalue weighted by atomic mass is 35.5. The second-order valence-corrected chi connectivity index (χ2v) is 4.84. The Morgan fingerprint density at radius 3 is 2.85 bits per heavy atom. The van der Waals surface area contributed by atoms with Gasteiger partial charge in [0.15, 0.2) is 0 Å². The van der Waals surface area contributed by atoms with E-state index < -0.39 is 0 Å². The number of halogens is 2. The number of rotatable bonds is 2. The van der Waals surface area contributed by atoms with Gasteiger partial charge in [-0.2, -0.15) is 0 Å². The van der Waals surface area contributed by atoms with Crippen molar-refractivity contribution in [2.24, 2.45) is 0 Å². The van der Waals surface area contributed by atoms with E-state index in [0.717, 1.165) is 16.8 Å². The number of allylic oxidation sites excluding steroid dienone is 1. The van der Waals surface area contributed by atoms with Crippen molar-refractivity contribution in [3.05, 3.63) is 59.0 Å². The molecular weight excluding hydrogens is 275 g/mol. The van der Waals surface area contributed by atoms with Crippen LogP contribution in [-0.4, -0.2) is 9.97 Å². The lowest BCUT2D eigenvalue weighted by Gasteiger charge is -2.03. The highest BCUT2D eigenvalue weighted by Gasteiger charge is 2.11. The molecule has 4 heteroatoms. The number of aromatic nitrogens is 2. The number of benzene rings is 1. The molecule has 20 heavy (non-hydrogen) atoms. The molecule has 1 aromatic carbocycles. The minimum absolute atomic E-state index is 0.250. The summed E-state index contributed by atoms with van der Waals surface area (Å²) in [5.74, 6) is -0.250. The lowest BCUT2D eigenvalue weighted by atomic mass is 10.1. The van der Waals surface area contributed by atoms with Gasteiger partial charge in [-0.1, -0.05) is 29.8 Å². The van der Waals surface area contributed by atoms with Gasteiger partial charge >= 0.3 is 0 Å². The van der Waals surface area contributed by atoms with E-state index in [2.05, 4.69) is 9.97 Å². The summed E-state index contributed by atoms with van der Waals surface area (Å²) in [6, 6.07) is 10.3. The van der Waals surface area contributed by atoms with Crippen molar-refractivity contribution < 1.29 is 4.39 Å². The van der Waals surface area contributed by atoms with Gasteiger partial charge in [-0.3, -0.25) is 0 Å². The molecule has 2 nitrogen and oxygen atoms in total. The molecule has 0 aliphatic rings. The van der Waals surface area contributed by atoms with Crippen molar-refractivity contribution in [1.29, 1.82) is 0 Å². The lowest BCUT2D eigenvalue weighted by molar-refractivity contribution is 0.640. The van der Waals surface area contributed by atoms with Gasteiger partial charge in [-0.05, 0) is 37.3 Å². The first-order valence-corrected chi connectivity index (χ1v) is 6.63. The van der Waals surface area contributed by atoms with Crippen molar-refractivity contribution in [3.63, 3.8) is 0 Å². The van der Waals surface area contributed by atoms with Crippen LogP contribution in [0.4, 0.5) is 4.39 Å². The maximum atomic E-state index is 13.8. The molecule has 0 unspecified atom stereocenters. The summed E-state index contributed by atoms with van der Waals surface area (Å²) in [4.78, 5) is 7.53. The molecule has 0 radical (unpaired) electrons. The normalized spacial score (nSPS) is 11.6. The monoisotopic (exact) mass is 286 g/mol. The topological polar surface area (TPSA) is 28.7 Å². The van der Waals surface area contributed by atoms with Crippen LogP contribution in [0.25, 0.3) is 28.4 Å². The quantitative estimate of drug-likeness (QED) is 0.656. The van der Waals surface area contributed by atoms with Crippen LogP contribution in [0.5, 0.6) is 0 Å².